The van der Waals surface area contributed by atoms with Crippen molar-refractivity contribution in [2.24, 2.45) is 0 Å². The summed E-state index contributed by atoms with van der Waals surface area (Å²) in [5.41, 5.74) is 0.839. The Bertz CT molecular complexity index is 332. The first-order valence-corrected chi connectivity index (χ1v) is 4.31. The second kappa shape index (κ2) is 2.80. The van der Waals surface area contributed by atoms with Gasteiger partial charge in [-0.2, -0.15) is 0 Å². The number of hydrogen-bond acceptors (Lipinski definition) is 3. The number of furan rings is 1. The minimum Gasteiger partial charge on any atom is -0.447 e. The lowest BCUT2D eigenvalue weighted by atomic mass is 10.2. The van der Waals surface area contributed by atoms with Gasteiger partial charge in [-0.15, -0.1) is 0 Å². The van der Waals surface area contributed by atoms with E-state index in [1.54, 1.807) is 24.2 Å². The molecule has 0 bridgehead atoms. The molecule has 2 rings (SSSR count). The van der Waals surface area contributed by atoms with Crippen molar-refractivity contribution < 1.29 is 9.21 Å². The molecule has 1 aromatic heterocycles. The third-order valence-electron chi connectivity index (χ3n) is 2.24. The minimum absolute atomic E-state index is 0.0525. The van der Waals surface area contributed by atoms with Gasteiger partial charge in [0.1, 0.15) is 5.69 Å². The van der Waals surface area contributed by atoms with Crippen LogP contribution in [-0.2, 0) is 4.79 Å². The summed E-state index contributed by atoms with van der Waals surface area (Å²) in [5.74, 6) is 0.741. The van der Waals surface area contributed by atoms with Crippen molar-refractivity contribution in [3.63, 3.8) is 0 Å². The van der Waals surface area contributed by atoms with Crippen LogP contribution in [0, 0.1) is 0 Å². The lowest BCUT2D eigenvalue weighted by molar-refractivity contribution is -0.117. The highest BCUT2D eigenvalue weighted by Crippen LogP contribution is 2.32. The minimum atomic E-state index is 0.0525. The molecule has 4 nitrogen and oxygen atoms in total. The zero-order chi connectivity index (χ0) is 9.42. The highest BCUT2D eigenvalue weighted by molar-refractivity contribution is 5.95. The Morgan fingerprint density at radius 3 is 3.23 bits per heavy atom. The monoisotopic (exact) mass is 180 g/mol. The Morgan fingerprint density at radius 1 is 1.77 bits per heavy atom. The van der Waals surface area contributed by atoms with Crippen LogP contribution in [0.3, 0.4) is 0 Å². The van der Waals surface area contributed by atoms with Crippen molar-refractivity contribution in [3.05, 3.63) is 12.3 Å². The number of carbonyl (C=O) groups excluding carboxylic acids is 1. The van der Waals surface area contributed by atoms with Crippen LogP contribution in [-0.4, -0.2) is 18.5 Å². The number of nitrogens with one attached hydrogen (secondary N) is 1. The second-order valence-corrected chi connectivity index (χ2v) is 3.25. The molecule has 0 saturated carbocycles. The van der Waals surface area contributed by atoms with E-state index in [1.807, 2.05) is 6.92 Å². The molecule has 2 heterocycles. The smallest absolute Gasteiger partial charge is 0.224 e. The first kappa shape index (κ1) is 8.16. The summed E-state index contributed by atoms with van der Waals surface area (Å²) in [5, 5.41) is 3.12. The first-order chi connectivity index (χ1) is 6.20. The lowest BCUT2D eigenvalue weighted by Crippen LogP contribution is -2.44. The Balaban J connectivity index is 2.41. The molecule has 0 saturated heterocycles. The van der Waals surface area contributed by atoms with E-state index < -0.39 is 0 Å². The summed E-state index contributed by atoms with van der Waals surface area (Å²) in [6.45, 7) is 4.31. The quantitative estimate of drug-likeness (QED) is 0.657. The van der Waals surface area contributed by atoms with Gasteiger partial charge in [0.25, 0.3) is 0 Å². The van der Waals surface area contributed by atoms with Crippen LogP contribution >= 0.6 is 0 Å². The van der Waals surface area contributed by atoms with Gasteiger partial charge in [-0.1, -0.05) is 0 Å². The third-order valence-corrected chi connectivity index (χ3v) is 2.24. The molecule has 0 spiro atoms. The average Bonchev–Trinajstić information content (AvgIpc) is 2.50. The van der Waals surface area contributed by atoms with Crippen LogP contribution in [0.25, 0.3) is 0 Å². The van der Waals surface area contributed by atoms with Gasteiger partial charge >= 0.3 is 0 Å². The fourth-order valence-electron chi connectivity index (χ4n) is 1.67. The van der Waals surface area contributed by atoms with E-state index in [0.717, 1.165) is 12.2 Å². The van der Waals surface area contributed by atoms with Crippen molar-refractivity contribution in [2.75, 3.05) is 16.8 Å². The van der Waals surface area contributed by atoms with Crippen LogP contribution in [0.2, 0.25) is 0 Å². The number of nitrogens with zero attached hydrogens (tertiary/aromatic N) is 1. The first-order valence-electron chi connectivity index (χ1n) is 4.31. The molecule has 1 aliphatic rings. The summed E-state index contributed by atoms with van der Waals surface area (Å²) in [6.07, 6.45) is 1.59. The molecule has 0 radical (unpaired) electrons. The van der Waals surface area contributed by atoms with E-state index in [2.05, 4.69) is 5.32 Å². The Labute approximate surface area is 76.5 Å². The Hall–Kier alpha value is -1.45. The van der Waals surface area contributed by atoms with Crippen molar-refractivity contribution in [2.45, 2.75) is 19.9 Å². The van der Waals surface area contributed by atoms with Gasteiger partial charge < -0.3 is 14.6 Å². The van der Waals surface area contributed by atoms with Gasteiger partial charge in [-0.3, -0.25) is 4.79 Å². The molecule has 1 N–H and O–H groups in total. The normalized spacial score (nSPS) is 20.8. The summed E-state index contributed by atoms with van der Waals surface area (Å²) in [4.78, 5) is 13.1. The summed E-state index contributed by atoms with van der Waals surface area (Å²) < 4.78 is 5.18. The van der Waals surface area contributed by atoms with Crippen molar-refractivity contribution in [3.8, 4) is 0 Å². The van der Waals surface area contributed by atoms with E-state index in [9.17, 15) is 4.79 Å². The fourth-order valence-corrected chi connectivity index (χ4v) is 1.67. The zero-order valence-corrected chi connectivity index (χ0v) is 7.70. The molecule has 1 atom stereocenters. The lowest BCUT2D eigenvalue weighted by Gasteiger charge is -2.32. The highest BCUT2D eigenvalue weighted by atomic mass is 16.3. The van der Waals surface area contributed by atoms with E-state index >= 15 is 0 Å². The topological polar surface area (TPSA) is 45.5 Å². The maximum absolute atomic E-state index is 11.3. The van der Waals surface area contributed by atoms with Crippen LogP contribution in [0.15, 0.2) is 16.7 Å². The van der Waals surface area contributed by atoms with E-state index in [0.29, 0.717) is 5.88 Å². The predicted molar refractivity (Wildman–Crippen MR) is 49.8 cm³/mol. The van der Waals surface area contributed by atoms with Gasteiger partial charge in [-0.05, 0) is 6.92 Å². The van der Waals surface area contributed by atoms with Crippen LogP contribution in [0.1, 0.15) is 13.8 Å². The second-order valence-electron chi connectivity index (χ2n) is 3.25. The Kier molecular flexibility index (Phi) is 1.76. The number of amides is 1. The number of rotatable bonds is 0. The van der Waals surface area contributed by atoms with Crippen molar-refractivity contribution in [1.29, 1.82) is 0 Å². The molecule has 13 heavy (non-hydrogen) atoms. The molecule has 0 fully saturated rings. The molecule has 70 valence electrons. The van der Waals surface area contributed by atoms with Crippen LogP contribution in [0.5, 0.6) is 0 Å². The number of hydrogen-bond donors (Lipinski definition) is 1. The third kappa shape index (κ3) is 1.18. The molecule has 1 amide bonds. The molecular formula is C9H12N2O2. The number of fused-ring (bicyclic) bond motifs is 1. The largest absolute Gasteiger partial charge is 0.447 e. The van der Waals surface area contributed by atoms with E-state index in [-0.39, 0.29) is 11.9 Å². The summed E-state index contributed by atoms with van der Waals surface area (Å²) >= 11 is 0. The zero-order valence-electron chi connectivity index (χ0n) is 7.70. The maximum atomic E-state index is 11.3. The van der Waals surface area contributed by atoms with Gasteiger partial charge in [0.15, 0.2) is 0 Å². The number of anilines is 2. The van der Waals surface area contributed by atoms with E-state index in [4.69, 9.17) is 4.42 Å². The van der Waals surface area contributed by atoms with Crippen molar-refractivity contribution in [1.82, 2.24) is 0 Å². The predicted octanol–water partition coefficient (Wildman–Crippen LogP) is 1.45. The SMILES string of the molecule is CC(=O)N1c2ccoc2NC[C@@H]1C. The van der Waals surface area contributed by atoms with Crippen LogP contribution < -0.4 is 10.2 Å². The molecule has 4 heteroatoms. The Morgan fingerprint density at radius 2 is 2.54 bits per heavy atom. The number of carbonyl (C=O) groups is 1. The standard InChI is InChI=1S/C9H12N2O2/c1-6-5-10-9-8(3-4-13-9)11(6)7(2)12/h3-4,6,10H,5H2,1-2H3/t6-/m0/s1. The van der Waals surface area contributed by atoms with Gasteiger partial charge in [0, 0.05) is 19.5 Å². The van der Waals surface area contributed by atoms with Gasteiger partial charge in [0.05, 0.1) is 12.3 Å². The summed E-state index contributed by atoms with van der Waals surface area (Å²) in [6, 6.07) is 1.99. The molecular weight excluding hydrogens is 168 g/mol. The molecule has 1 aliphatic heterocycles. The molecule has 0 aliphatic carbocycles. The molecule has 1 aromatic rings. The van der Waals surface area contributed by atoms with Crippen molar-refractivity contribution >= 4 is 17.5 Å². The van der Waals surface area contributed by atoms with Crippen LogP contribution in [0.4, 0.5) is 11.6 Å². The fraction of sp³-hybridized carbons (Fsp3) is 0.444. The molecule has 0 unspecified atom stereocenters. The average molecular weight is 180 g/mol. The van der Waals surface area contributed by atoms with Gasteiger partial charge in [-0.25, -0.2) is 0 Å². The summed E-state index contributed by atoms with van der Waals surface area (Å²) in [7, 11) is 0. The maximum Gasteiger partial charge on any atom is 0.224 e. The highest BCUT2D eigenvalue weighted by Gasteiger charge is 2.27. The van der Waals surface area contributed by atoms with E-state index in [1.165, 1.54) is 0 Å². The van der Waals surface area contributed by atoms with Gasteiger partial charge in [0.2, 0.25) is 11.8 Å². The molecule has 0 aromatic carbocycles.